The molecular weight excluding hydrogens is 253 g/mol. The fourth-order valence-electron chi connectivity index (χ4n) is 2.23. The molecule has 1 heterocycles. The van der Waals surface area contributed by atoms with Crippen LogP contribution in [0.15, 0.2) is 18.3 Å². The number of pyridine rings is 1. The Morgan fingerprint density at radius 1 is 1.16 bits per heavy atom. The van der Waals surface area contributed by atoms with Crippen LogP contribution < -0.4 is 5.32 Å². The van der Waals surface area contributed by atoms with Gasteiger partial charge in [0.1, 0.15) is 5.82 Å². The SMILES string of the molecule is CC(C)C(CNc1ncccc1C(F)(F)F)C(C)C. The Bertz CT molecular complexity index is 392. The van der Waals surface area contributed by atoms with E-state index in [0.717, 1.165) is 6.07 Å². The molecule has 0 radical (unpaired) electrons. The summed E-state index contributed by atoms with van der Waals surface area (Å²) in [5.41, 5.74) is -0.707. The fraction of sp³-hybridized carbons (Fsp3) is 0.643. The van der Waals surface area contributed by atoms with Crippen LogP contribution in [0.5, 0.6) is 0 Å². The lowest BCUT2D eigenvalue weighted by atomic mass is 9.85. The molecule has 0 unspecified atom stereocenters. The van der Waals surface area contributed by atoms with Crippen LogP contribution in [0.4, 0.5) is 19.0 Å². The van der Waals surface area contributed by atoms with Gasteiger partial charge in [0.25, 0.3) is 0 Å². The van der Waals surface area contributed by atoms with E-state index >= 15 is 0 Å². The third-order valence-electron chi connectivity index (χ3n) is 3.33. The molecule has 1 N–H and O–H groups in total. The minimum atomic E-state index is -4.37. The Morgan fingerprint density at radius 2 is 1.74 bits per heavy atom. The lowest BCUT2D eigenvalue weighted by molar-refractivity contribution is -0.137. The van der Waals surface area contributed by atoms with E-state index in [9.17, 15) is 13.2 Å². The number of anilines is 1. The van der Waals surface area contributed by atoms with E-state index in [2.05, 4.69) is 38.0 Å². The number of halogens is 3. The molecule has 0 saturated heterocycles. The zero-order valence-electron chi connectivity index (χ0n) is 11.8. The van der Waals surface area contributed by atoms with E-state index in [0.29, 0.717) is 24.3 Å². The largest absolute Gasteiger partial charge is 0.419 e. The Kier molecular flexibility index (Phi) is 5.20. The first-order chi connectivity index (χ1) is 8.73. The molecule has 0 spiro atoms. The summed E-state index contributed by atoms with van der Waals surface area (Å²) < 4.78 is 38.4. The van der Waals surface area contributed by atoms with Crippen molar-refractivity contribution < 1.29 is 13.2 Å². The second kappa shape index (κ2) is 6.26. The van der Waals surface area contributed by atoms with Crippen LogP contribution in [0.1, 0.15) is 33.3 Å². The van der Waals surface area contributed by atoms with Crippen LogP contribution in [0.2, 0.25) is 0 Å². The maximum absolute atomic E-state index is 12.8. The highest BCUT2D eigenvalue weighted by atomic mass is 19.4. The zero-order chi connectivity index (χ0) is 14.6. The Labute approximate surface area is 112 Å². The van der Waals surface area contributed by atoms with E-state index in [1.54, 1.807) is 0 Å². The topological polar surface area (TPSA) is 24.9 Å². The molecule has 19 heavy (non-hydrogen) atoms. The first-order valence-corrected chi connectivity index (χ1v) is 6.49. The van der Waals surface area contributed by atoms with Gasteiger partial charge in [0.05, 0.1) is 5.56 Å². The predicted molar refractivity (Wildman–Crippen MR) is 70.9 cm³/mol. The molecule has 1 aromatic heterocycles. The molecule has 1 rings (SSSR count). The van der Waals surface area contributed by atoms with Crippen molar-refractivity contribution in [3.05, 3.63) is 23.9 Å². The van der Waals surface area contributed by atoms with Crippen molar-refractivity contribution in [2.24, 2.45) is 17.8 Å². The third kappa shape index (κ3) is 4.40. The van der Waals surface area contributed by atoms with Crippen LogP contribution in [0, 0.1) is 17.8 Å². The molecule has 0 saturated carbocycles. The molecule has 0 aliphatic carbocycles. The second-order valence-electron chi connectivity index (χ2n) is 5.43. The number of aromatic nitrogens is 1. The van der Waals surface area contributed by atoms with Crippen LogP contribution in [0.3, 0.4) is 0 Å². The van der Waals surface area contributed by atoms with Gasteiger partial charge in [-0.1, -0.05) is 27.7 Å². The van der Waals surface area contributed by atoms with Crippen LogP contribution >= 0.6 is 0 Å². The maximum atomic E-state index is 12.8. The van der Waals surface area contributed by atoms with Gasteiger partial charge < -0.3 is 5.32 Å². The van der Waals surface area contributed by atoms with E-state index < -0.39 is 11.7 Å². The van der Waals surface area contributed by atoms with E-state index in [1.807, 2.05) is 0 Å². The molecule has 2 nitrogen and oxygen atoms in total. The average Bonchev–Trinajstić information content (AvgIpc) is 2.27. The number of nitrogens with one attached hydrogen (secondary N) is 1. The van der Waals surface area contributed by atoms with Crippen molar-refractivity contribution in [3.63, 3.8) is 0 Å². The maximum Gasteiger partial charge on any atom is 0.419 e. The highest BCUT2D eigenvalue weighted by Gasteiger charge is 2.34. The monoisotopic (exact) mass is 274 g/mol. The first kappa shape index (κ1) is 15.8. The van der Waals surface area contributed by atoms with Crippen molar-refractivity contribution >= 4 is 5.82 Å². The Balaban J connectivity index is 2.83. The number of rotatable bonds is 5. The Hall–Kier alpha value is -1.26. The fourth-order valence-corrected chi connectivity index (χ4v) is 2.23. The molecule has 0 bridgehead atoms. The lowest BCUT2D eigenvalue weighted by Gasteiger charge is -2.26. The molecule has 1 aromatic rings. The minimum Gasteiger partial charge on any atom is -0.369 e. The number of nitrogens with zero attached hydrogens (tertiary/aromatic N) is 1. The standard InChI is InChI=1S/C14H21F3N2/c1-9(2)11(10(3)4)8-19-13-12(14(15,16)17)6-5-7-18-13/h5-7,9-11H,8H2,1-4H3,(H,18,19). The third-order valence-corrected chi connectivity index (χ3v) is 3.33. The highest BCUT2D eigenvalue weighted by molar-refractivity contribution is 5.45. The van der Waals surface area contributed by atoms with E-state index in [4.69, 9.17) is 0 Å². The number of alkyl halides is 3. The van der Waals surface area contributed by atoms with Gasteiger partial charge in [-0.2, -0.15) is 13.2 Å². The van der Waals surface area contributed by atoms with Gasteiger partial charge in [0.2, 0.25) is 0 Å². The molecule has 5 heteroatoms. The van der Waals surface area contributed by atoms with E-state index in [-0.39, 0.29) is 5.82 Å². The van der Waals surface area contributed by atoms with Gasteiger partial charge in [-0.15, -0.1) is 0 Å². The minimum absolute atomic E-state index is 0.0821. The summed E-state index contributed by atoms with van der Waals surface area (Å²) in [6, 6.07) is 2.35. The molecule has 0 aliphatic rings. The predicted octanol–water partition coefficient (Wildman–Crippen LogP) is 4.44. The van der Waals surface area contributed by atoms with Crippen molar-refractivity contribution in [1.29, 1.82) is 0 Å². The van der Waals surface area contributed by atoms with Gasteiger partial charge in [-0.3, -0.25) is 0 Å². The molecule has 0 amide bonds. The molecule has 108 valence electrons. The lowest BCUT2D eigenvalue weighted by Crippen LogP contribution is -2.25. The molecular formula is C14H21F3N2. The summed E-state index contributed by atoms with van der Waals surface area (Å²) >= 11 is 0. The van der Waals surface area contributed by atoms with Gasteiger partial charge in [0, 0.05) is 12.7 Å². The first-order valence-electron chi connectivity index (χ1n) is 6.49. The summed E-state index contributed by atoms with van der Waals surface area (Å²) in [6.07, 6.45) is -3.00. The zero-order valence-corrected chi connectivity index (χ0v) is 11.8. The number of hydrogen-bond acceptors (Lipinski definition) is 2. The van der Waals surface area contributed by atoms with Crippen LogP contribution in [-0.2, 0) is 6.18 Å². The smallest absolute Gasteiger partial charge is 0.369 e. The van der Waals surface area contributed by atoms with Crippen LogP contribution in [-0.4, -0.2) is 11.5 Å². The summed E-state index contributed by atoms with van der Waals surface area (Å²) in [7, 11) is 0. The molecule has 0 atom stereocenters. The molecule has 0 aliphatic heterocycles. The average molecular weight is 274 g/mol. The van der Waals surface area contributed by atoms with Crippen molar-refractivity contribution in [2.75, 3.05) is 11.9 Å². The normalized spacial score (nSPS) is 12.5. The molecule has 0 fully saturated rings. The number of hydrogen-bond donors (Lipinski definition) is 1. The summed E-state index contributed by atoms with van der Waals surface area (Å²) in [6.45, 7) is 8.81. The highest BCUT2D eigenvalue weighted by Crippen LogP contribution is 2.33. The van der Waals surface area contributed by atoms with Crippen molar-refractivity contribution in [3.8, 4) is 0 Å². The van der Waals surface area contributed by atoms with Gasteiger partial charge in [-0.05, 0) is 29.9 Å². The van der Waals surface area contributed by atoms with Crippen molar-refractivity contribution in [1.82, 2.24) is 4.98 Å². The second-order valence-corrected chi connectivity index (χ2v) is 5.43. The summed E-state index contributed by atoms with van der Waals surface area (Å²) in [5.74, 6) is 1.04. The molecule has 0 aromatic carbocycles. The quantitative estimate of drug-likeness (QED) is 0.858. The van der Waals surface area contributed by atoms with Gasteiger partial charge in [0.15, 0.2) is 0 Å². The van der Waals surface area contributed by atoms with Gasteiger partial charge in [-0.25, -0.2) is 4.98 Å². The van der Waals surface area contributed by atoms with Crippen molar-refractivity contribution in [2.45, 2.75) is 33.9 Å². The van der Waals surface area contributed by atoms with E-state index in [1.165, 1.54) is 12.3 Å². The summed E-state index contributed by atoms with van der Waals surface area (Å²) in [5, 5.41) is 2.85. The van der Waals surface area contributed by atoms with Gasteiger partial charge >= 0.3 is 6.18 Å². The summed E-state index contributed by atoms with van der Waals surface area (Å²) in [4.78, 5) is 3.80. The van der Waals surface area contributed by atoms with Crippen LogP contribution in [0.25, 0.3) is 0 Å². The Morgan fingerprint density at radius 3 is 2.21 bits per heavy atom.